The van der Waals surface area contributed by atoms with E-state index in [1.807, 2.05) is 17.1 Å². The topological polar surface area (TPSA) is 33.1 Å². The van der Waals surface area contributed by atoms with E-state index in [0.29, 0.717) is 0 Å². The normalized spacial score (nSPS) is 18.6. The van der Waals surface area contributed by atoms with E-state index in [-0.39, 0.29) is 0 Å². The molecule has 0 atom stereocenters. The molecule has 0 aromatic carbocycles. The third-order valence-electron chi connectivity index (χ3n) is 2.46. The quantitative estimate of drug-likeness (QED) is 0.860. The van der Waals surface area contributed by atoms with Crippen molar-refractivity contribution in [1.82, 2.24) is 20.0 Å². The molecule has 14 heavy (non-hydrogen) atoms. The molecule has 1 aliphatic heterocycles. The van der Waals surface area contributed by atoms with Crippen molar-refractivity contribution in [3.05, 3.63) is 16.9 Å². The lowest BCUT2D eigenvalue weighted by Crippen LogP contribution is -2.44. The summed E-state index contributed by atoms with van der Waals surface area (Å²) in [6.07, 6.45) is 3.85. The zero-order chi connectivity index (χ0) is 9.80. The van der Waals surface area contributed by atoms with Gasteiger partial charge in [-0.25, -0.2) is 0 Å². The first-order valence-corrected chi connectivity index (χ1v) is 5.75. The van der Waals surface area contributed by atoms with Crippen LogP contribution in [0.4, 0.5) is 0 Å². The lowest BCUT2D eigenvalue weighted by molar-refractivity contribution is 0.229. The number of rotatable bonds is 3. The number of nitrogens with one attached hydrogen (secondary N) is 1. The van der Waals surface area contributed by atoms with E-state index in [9.17, 15) is 0 Å². The van der Waals surface area contributed by atoms with Crippen LogP contribution in [0.3, 0.4) is 0 Å². The minimum absolute atomic E-state index is 0.978. The summed E-state index contributed by atoms with van der Waals surface area (Å²) in [5.74, 6) is 0. The summed E-state index contributed by atoms with van der Waals surface area (Å²) in [5.41, 5.74) is 0. The molecule has 0 spiro atoms. The summed E-state index contributed by atoms with van der Waals surface area (Å²) in [7, 11) is 0. The molecule has 0 unspecified atom stereocenters. The smallest absolute Gasteiger partial charge is 0.0632 e. The molecule has 0 amide bonds. The Bertz CT molecular complexity index is 280. The van der Waals surface area contributed by atoms with Crippen LogP contribution in [0.15, 0.2) is 16.9 Å². The molecular formula is C9H15BrN4. The van der Waals surface area contributed by atoms with Crippen LogP contribution in [0, 0.1) is 0 Å². The first-order chi connectivity index (χ1) is 6.84. The van der Waals surface area contributed by atoms with Gasteiger partial charge < -0.3 is 5.32 Å². The van der Waals surface area contributed by atoms with E-state index in [0.717, 1.165) is 43.7 Å². The molecule has 1 aromatic rings. The maximum atomic E-state index is 4.23. The van der Waals surface area contributed by atoms with Crippen molar-refractivity contribution in [2.45, 2.75) is 6.54 Å². The number of hydrogen-bond acceptors (Lipinski definition) is 3. The Labute approximate surface area is 92.4 Å². The molecule has 5 heteroatoms. The van der Waals surface area contributed by atoms with Gasteiger partial charge in [-0.05, 0) is 15.9 Å². The minimum Gasteiger partial charge on any atom is -0.314 e. The van der Waals surface area contributed by atoms with Gasteiger partial charge in [-0.2, -0.15) is 5.10 Å². The SMILES string of the molecule is Brc1cnn(CCN2CCNCC2)c1. The van der Waals surface area contributed by atoms with Gasteiger partial charge in [-0.1, -0.05) is 0 Å². The van der Waals surface area contributed by atoms with Crippen molar-refractivity contribution in [2.75, 3.05) is 32.7 Å². The van der Waals surface area contributed by atoms with Gasteiger partial charge in [0, 0.05) is 38.9 Å². The van der Waals surface area contributed by atoms with Gasteiger partial charge in [0.25, 0.3) is 0 Å². The Morgan fingerprint density at radius 2 is 2.14 bits per heavy atom. The number of nitrogens with zero attached hydrogens (tertiary/aromatic N) is 3. The third kappa shape index (κ3) is 2.80. The van der Waals surface area contributed by atoms with E-state index < -0.39 is 0 Å². The zero-order valence-corrected chi connectivity index (χ0v) is 9.70. The molecule has 1 aromatic heterocycles. The summed E-state index contributed by atoms with van der Waals surface area (Å²) in [6.45, 7) is 6.61. The number of aromatic nitrogens is 2. The van der Waals surface area contributed by atoms with Gasteiger partial charge >= 0.3 is 0 Å². The van der Waals surface area contributed by atoms with Crippen LogP contribution in [-0.4, -0.2) is 47.4 Å². The summed E-state index contributed by atoms with van der Waals surface area (Å²) in [4.78, 5) is 2.46. The Morgan fingerprint density at radius 1 is 1.36 bits per heavy atom. The van der Waals surface area contributed by atoms with Gasteiger partial charge in [-0.15, -0.1) is 0 Å². The standard InChI is InChI=1S/C9H15BrN4/c10-9-7-12-14(8-9)6-5-13-3-1-11-2-4-13/h7-8,11H,1-6H2. The molecule has 1 saturated heterocycles. The van der Waals surface area contributed by atoms with Crippen LogP contribution in [0.2, 0.25) is 0 Å². The van der Waals surface area contributed by atoms with Crippen LogP contribution in [0.25, 0.3) is 0 Å². The molecule has 4 nitrogen and oxygen atoms in total. The average Bonchev–Trinajstić information content (AvgIpc) is 2.63. The Hall–Kier alpha value is -0.390. The van der Waals surface area contributed by atoms with E-state index in [2.05, 4.69) is 31.2 Å². The van der Waals surface area contributed by atoms with E-state index in [1.165, 1.54) is 0 Å². The van der Waals surface area contributed by atoms with Gasteiger partial charge in [0.1, 0.15) is 0 Å². The molecule has 1 aliphatic rings. The minimum atomic E-state index is 0.978. The van der Waals surface area contributed by atoms with Crippen LogP contribution < -0.4 is 5.32 Å². The van der Waals surface area contributed by atoms with Crippen LogP contribution >= 0.6 is 15.9 Å². The summed E-state index contributed by atoms with van der Waals surface area (Å²) < 4.78 is 3.03. The molecule has 2 heterocycles. The molecule has 78 valence electrons. The highest BCUT2D eigenvalue weighted by Gasteiger charge is 2.08. The average molecular weight is 259 g/mol. The van der Waals surface area contributed by atoms with Crippen molar-refractivity contribution in [3.63, 3.8) is 0 Å². The molecule has 0 aliphatic carbocycles. The second-order valence-electron chi connectivity index (χ2n) is 3.51. The fraction of sp³-hybridized carbons (Fsp3) is 0.667. The highest BCUT2D eigenvalue weighted by molar-refractivity contribution is 9.10. The molecule has 2 rings (SSSR count). The van der Waals surface area contributed by atoms with Crippen LogP contribution in [-0.2, 0) is 6.54 Å². The van der Waals surface area contributed by atoms with Crippen LogP contribution in [0.5, 0.6) is 0 Å². The maximum absolute atomic E-state index is 4.23. The molecule has 0 saturated carbocycles. The Morgan fingerprint density at radius 3 is 2.79 bits per heavy atom. The first-order valence-electron chi connectivity index (χ1n) is 4.95. The fourth-order valence-electron chi connectivity index (χ4n) is 1.64. The highest BCUT2D eigenvalue weighted by Crippen LogP contribution is 2.06. The molecule has 1 fully saturated rings. The van der Waals surface area contributed by atoms with E-state index in [4.69, 9.17) is 0 Å². The predicted octanol–water partition coefficient (Wildman–Crippen LogP) is 0.551. The summed E-state index contributed by atoms with van der Waals surface area (Å²) in [5, 5.41) is 7.57. The van der Waals surface area contributed by atoms with Gasteiger partial charge in [0.2, 0.25) is 0 Å². The monoisotopic (exact) mass is 258 g/mol. The molecule has 0 bridgehead atoms. The summed E-state index contributed by atoms with van der Waals surface area (Å²) in [6, 6.07) is 0. The van der Waals surface area contributed by atoms with Crippen molar-refractivity contribution in [2.24, 2.45) is 0 Å². The predicted molar refractivity (Wildman–Crippen MR) is 59.2 cm³/mol. The highest BCUT2D eigenvalue weighted by atomic mass is 79.9. The Balaban J connectivity index is 1.76. The van der Waals surface area contributed by atoms with E-state index in [1.54, 1.807) is 0 Å². The van der Waals surface area contributed by atoms with Crippen molar-refractivity contribution in [3.8, 4) is 0 Å². The number of piperazine rings is 1. The largest absolute Gasteiger partial charge is 0.314 e. The van der Waals surface area contributed by atoms with Gasteiger partial charge in [-0.3, -0.25) is 9.58 Å². The number of halogens is 1. The van der Waals surface area contributed by atoms with Gasteiger partial charge in [0.05, 0.1) is 17.2 Å². The zero-order valence-electron chi connectivity index (χ0n) is 8.12. The molecule has 1 N–H and O–H groups in total. The van der Waals surface area contributed by atoms with Crippen molar-refractivity contribution < 1.29 is 0 Å². The molecule has 0 radical (unpaired) electrons. The maximum Gasteiger partial charge on any atom is 0.0632 e. The van der Waals surface area contributed by atoms with E-state index >= 15 is 0 Å². The lowest BCUT2D eigenvalue weighted by Gasteiger charge is -2.26. The van der Waals surface area contributed by atoms with Crippen LogP contribution in [0.1, 0.15) is 0 Å². The first kappa shape index (κ1) is 10.1. The fourth-order valence-corrected chi connectivity index (χ4v) is 1.97. The van der Waals surface area contributed by atoms with Crippen molar-refractivity contribution >= 4 is 15.9 Å². The summed E-state index contributed by atoms with van der Waals surface area (Å²) >= 11 is 3.39. The van der Waals surface area contributed by atoms with Gasteiger partial charge in [0.15, 0.2) is 0 Å². The number of hydrogen-bond donors (Lipinski definition) is 1. The van der Waals surface area contributed by atoms with Crippen molar-refractivity contribution in [1.29, 1.82) is 0 Å². The Kier molecular flexibility index (Phi) is 3.55. The third-order valence-corrected chi connectivity index (χ3v) is 2.87. The molecular weight excluding hydrogens is 244 g/mol. The lowest BCUT2D eigenvalue weighted by atomic mass is 10.3. The second kappa shape index (κ2) is 4.91. The second-order valence-corrected chi connectivity index (χ2v) is 4.43.